The van der Waals surface area contributed by atoms with Crippen LogP contribution in [0.2, 0.25) is 5.02 Å². The van der Waals surface area contributed by atoms with Gasteiger partial charge in [-0.2, -0.15) is 0 Å². The summed E-state index contributed by atoms with van der Waals surface area (Å²) >= 11 is 6.48. The number of halogens is 2. The number of nitrogens with one attached hydrogen (secondary N) is 3. The van der Waals surface area contributed by atoms with Crippen LogP contribution in [-0.4, -0.2) is 47.2 Å². The molecule has 0 bridgehead atoms. The predicted molar refractivity (Wildman–Crippen MR) is 154 cm³/mol. The molecule has 1 aliphatic carbocycles. The smallest absolute Gasteiger partial charge is 0.303 e. The first-order valence-electron chi connectivity index (χ1n) is 14.0. The van der Waals surface area contributed by atoms with Crippen LogP contribution in [0.25, 0.3) is 0 Å². The molecule has 8 nitrogen and oxygen atoms in total. The van der Waals surface area contributed by atoms with Crippen molar-refractivity contribution >= 4 is 35.1 Å². The number of aliphatic carboxylic acids is 2. The summed E-state index contributed by atoms with van der Waals surface area (Å²) in [5, 5.41) is 26.4. The zero-order chi connectivity index (χ0) is 28.9. The number of benzene rings is 2. The standard InChI is InChI=1S/C26H33ClFN3O.C4H6O4/c27-23-11-9-19-12-14-29-15-13-21(19)25(23)30-17-18-8-10-22(24(28)16-18)26(32)31-20-6-4-2-1-3-5-7-20;5-3(6)1-2-4(7)8/h8-11,16,20,29-30H,1-7,12-15,17H2,(H,31,32);1-2H2,(H,5,6)(H,7,8). The van der Waals surface area contributed by atoms with Crippen molar-refractivity contribution in [3.05, 3.63) is 63.4 Å². The lowest BCUT2D eigenvalue weighted by atomic mass is 9.96. The molecule has 0 atom stereocenters. The molecule has 2 aromatic carbocycles. The third-order valence-electron chi connectivity index (χ3n) is 7.22. The van der Waals surface area contributed by atoms with Crippen molar-refractivity contribution in [2.24, 2.45) is 0 Å². The van der Waals surface area contributed by atoms with Gasteiger partial charge in [-0.15, -0.1) is 0 Å². The van der Waals surface area contributed by atoms with E-state index >= 15 is 0 Å². The molecule has 10 heteroatoms. The van der Waals surface area contributed by atoms with Crippen LogP contribution in [-0.2, 0) is 29.0 Å². The third-order valence-corrected chi connectivity index (χ3v) is 7.54. The Labute approximate surface area is 239 Å². The molecule has 1 saturated carbocycles. The Morgan fingerprint density at radius 3 is 2.23 bits per heavy atom. The fourth-order valence-electron chi connectivity index (χ4n) is 5.06. The van der Waals surface area contributed by atoms with Crippen LogP contribution in [0.5, 0.6) is 0 Å². The fraction of sp³-hybridized carbons (Fsp3) is 0.500. The molecule has 0 unspecified atom stereocenters. The molecule has 0 saturated heterocycles. The summed E-state index contributed by atoms with van der Waals surface area (Å²) < 4.78 is 14.8. The van der Waals surface area contributed by atoms with Gasteiger partial charge < -0.3 is 26.2 Å². The molecule has 40 heavy (non-hydrogen) atoms. The number of carbonyl (C=O) groups is 3. The largest absolute Gasteiger partial charge is 0.481 e. The molecule has 4 rings (SSSR count). The maximum Gasteiger partial charge on any atom is 0.303 e. The normalized spacial score (nSPS) is 15.8. The maximum absolute atomic E-state index is 14.8. The molecule has 0 spiro atoms. The van der Waals surface area contributed by atoms with Gasteiger partial charge in [0.15, 0.2) is 0 Å². The monoisotopic (exact) mass is 575 g/mol. The molecule has 1 fully saturated rings. The molecule has 1 heterocycles. The molecular formula is C30H39ClFN3O5. The average Bonchev–Trinajstić information content (AvgIpc) is 3.14. The number of carboxylic acids is 2. The molecule has 1 aliphatic heterocycles. The van der Waals surface area contributed by atoms with Gasteiger partial charge >= 0.3 is 11.9 Å². The van der Waals surface area contributed by atoms with Gasteiger partial charge in [0.1, 0.15) is 5.82 Å². The van der Waals surface area contributed by atoms with Crippen molar-refractivity contribution in [3.63, 3.8) is 0 Å². The molecule has 218 valence electrons. The topological polar surface area (TPSA) is 128 Å². The maximum atomic E-state index is 14.8. The summed E-state index contributed by atoms with van der Waals surface area (Å²) in [6, 6.07) is 9.05. The summed E-state index contributed by atoms with van der Waals surface area (Å²) in [6.07, 6.45) is 9.21. The van der Waals surface area contributed by atoms with E-state index < -0.39 is 17.8 Å². The molecule has 1 amide bonds. The highest BCUT2D eigenvalue weighted by molar-refractivity contribution is 6.33. The third kappa shape index (κ3) is 10.1. The minimum Gasteiger partial charge on any atom is -0.481 e. The highest BCUT2D eigenvalue weighted by Crippen LogP contribution is 2.31. The Hall–Kier alpha value is -3.17. The first-order valence-corrected chi connectivity index (χ1v) is 14.4. The van der Waals surface area contributed by atoms with Gasteiger partial charge in [0.2, 0.25) is 0 Å². The lowest BCUT2D eigenvalue weighted by Crippen LogP contribution is -2.35. The Balaban J connectivity index is 0.000000482. The minimum atomic E-state index is -1.08. The van der Waals surface area contributed by atoms with Crippen molar-refractivity contribution < 1.29 is 29.0 Å². The summed E-state index contributed by atoms with van der Waals surface area (Å²) in [4.78, 5) is 32.0. The van der Waals surface area contributed by atoms with Crippen molar-refractivity contribution in [1.82, 2.24) is 10.6 Å². The Bertz CT molecular complexity index is 1150. The van der Waals surface area contributed by atoms with Crippen molar-refractivity contribution in [1.29, 1.82) is 0 Å². The van der Waals surface area contributed by atoms with Gasteiger partial charge in [0, 0.05) is 12.6 Å². The van der Waals surface area contributed by atoms with Gasteiger partial charge in [-0.3, -0.25) is 14.4 Å². The van der Waals surface area contributed by atoms with Crippen LogP contribution >= 0.6 is 11.6 Å². The SMILES string of the molecule is O=C(NC1CCCCCCC1)c1ccc(CNc2c(Cl)ccc3c2CCNCC3)cc1F.O=C(O)CCC(=O)O. The van der Waals surface area contributed by atoms with Crippen LogP contribution in [0.4, 0.5) is 10.1 Å². The van der Waals surface area contributed by atoms with Crippen molar-refractivity contribution in [3.8, 4) is 0 Å². The second-order valence-corrected chi connectivity index (χ2v) is 10.7. The second kappa shape index (κ2) is 16.2. The Morgan fingerprint density at radius 1 is 0.925 bits per heavy atom. The lowest BCUT2D eigenvalue weighted by Gasteiger charge is -2.21. The van der Waals surface area contributed by atoms with Gasteiger partial charge in [0.25, 0.3) is 5.91 Å². The number of amides is 1. The summed E-state index contributed by atoms with van der Waals surface area (Å²) in [7, 11) is 0. The van der Waals surface area contributed by atoms with Crippen molar-refractivity contribution in [2.75, 3.05) is 18.4 Å². The fourth-order valence-corrected chi connectivity index (χ4v) is 5.30. The number of fused-ring (bicyclic) bond motifs is 1. The average molecular weight is 576 g/mol. The van der Waals surface area contributed by atoms with Gasteiger partial charge in [0.05, 0.1) is 29.1 Å². The highest BCUT2D eigenvalue weighted by atomic mass is 35.5. The number of hydrogen-bond donors (Lipinski definition) is 5. The van der Waals surface area contributed by atoms with E-state index in [-0.39, 0.29) is 30.4 Å². The van der Waals surface area contributed by atoms with E-state index in [0.29, 0.717) is 11.6 Å². The van der Waals surface area contributed by atoms with Crippen LogP contribution in [0.15, 0.2) is 30.3 Å². The molecule has 0 radical (unpaired) electrons. The van der Waals surface area contributed by atoms with Crippen LogP contribution < -0.4 is 16.0 Å². The van der Waals surface area contributed by atoms with Gasteiger partial charge in [-0.25, -0.2) is 4.39 Å². The first kappa shape index (κ1) is 31.4. The van der Waals surface area contributed by atoms with Crippen LogP contribution in [0.1, 0.15) is 84.8 Å². The Kier molecular flexibility index (Phi) is 12.7. The zero-order valence-electron chi connectivity index (χ0n) is 22.7. The quantitative estimate of drug-likeness (QED) is 0.279. The summed E-state index contributed by atoms with van der Waals surface area (Å²) in [5.41, 5.74) is 4.37. The van der Waals surface area contributed by atoms with E-state index in [0.717, 1.165) is 62.9 Å². The number of hydrogen-bond acceptors (Lipinski definition) is 5. The van der Waals surface area contributed by atoms with Crippen molar-refractivity contribution in [2.45, 2.75) is 83.2 Å². The van der Waals surface area contributed by atoms with E-state index in [1.165, 1.54) is 36.5 Å². The van der Waals surface area contributed by atoms with E-state index in [4.69, 9.17) is 21.8 Å². The van der Waals surface area contributed by atoms with Gasteiger partial charge in [-0.05, 0) is 73.7 Å². The lowest BCUT2D eigenvalue weighted by molar-refractivity contribution is -0.143. The number of anilines is 1. The summed E-state index contributed by atoms with van der Waals surface area (Å²) in [6.45, 7) is 2.33. The number of rotatable bonds is 8. The highest BCUT2D eigenvalue weighted by Gasteiger charge is 2.19. The molecule has 2 aromatic rings. The van der Waals surface area contributed by atoms with E-state index in [1.807, 2.05) is 12.1 Å². The van der Waals surface area contributed by atoms with E-state index in [1.54, 1.807) is 6.07 Å². The van der Waals surface area contributed by atoms with E-state index in [2.05, 4.69) is 22.0 Å². The first-order chi connectivity index (χ1) is 19.2. The van der Waals surface area contributed by atoms with E-state index in [9.17, 15) is 18.8 Å². The Morgan fingerprint density at radius 2 is 1.57 bits per heavy atom. The molecule has 0 aromatic heterocycles. The minimum absolute atomic E-state index is 0.119. The second-order valence-electron chi connectivity index (χ2n) is 10.3. The molecule has 5 N–H and O–H groups in total. The predicted octanol–water partition coefficient (Wildman–Crippen LogP) is 5.56. The number of carboxylic acid groups (broad SMARTS) is 2. The van der Waals surface area contributed by atoms with Crippen LogP contribution in [0, 0.1) is 5.82 Å². The van der Waals surface area contributed by atoms with Crippen LogP contribution in [0.3, 0.4) is 0 Å². The molecular weight excluding hydrogens is 537 g/mol. The summed E-state index contributed by atoms with van der Waals surface area (Å²) in [5.74, 6) is -2.94. The van der Waals surface area contributed by atoms with Gasteiger partial charge in [-0.1, -0.05) is 55.8 Å². The number of carbonyl (C=O) groups excluding carboxylic acids is 1. The zero-order valence-corrected chi connectivity index (χ0v) is 23.5. The molecule has 2 aliphatic rings.